The zero-order valence-corrected chi connectivity index (χ0v) is 25.0. The number of aromatic nitrogens is 1. The van der Waals surface area contributed by atoms with Crippen molar-refractivity contribution < 1.29 is 28.7 Å². The maximum atomic E-state index is 13.5. The molecule has 0 aliphatic carbocycles. The molecule has 0 bridgehead atoms. The molecule has 11 heteroatoms. The Morgan fingerprint density at radius 3 is 2.18 bits per heavy atom. The van der Waals surface area contributed by atoms with Crippen molar-refractivity contribution in [2.75, 3.05) is 5.32 Å². The summed E-state index contributed by atoms with van der Waals surface area (Å²) >= 11 is 0. The van der Waals surface area contributed by atoms with Crippen molar-refractivity contribution in [3.63, 3.8) is 0 Å². The maximum Gasteiger partial charge on any atom is 0.311 e. The number of esters is 1. The monoisotopic (exact) mass is 611 g/mol. The maximum absolute atomic E-state index is 13.5. The molecule has 0 spiro atoms. The molecular formula is C34H37N5O6. The summed E-state index contributed by atoms with van der Waals surface area (Å²) in [5.41, 5.74) is 8.58. The van der Waals surface area contributed by atoms with Gasteiger partial charge in [-0.15, -0.1) is 0 Å². The standard InChI is InChI=1S/C34H37N5O6/c1-2-8-32(42)45-25-15-13-24(14-16-25)37-30(40)17-18-31(41)38-29(20-23-21-36-27-12-7-6-11-26(23)27)34(44)39-28(33(35)43)19-22-9-4-3-5-10-22/h3-7,9-16,21,28-29,36H,2,8,17-20H2,1H3,(H2,35,43)(H,37,40)(H,38,41)(H,39,44)/t28-,29-/m0/s1. The molecule has 0 unspecified atom stereocenters. The first-order chi connectivity index (χ1) is 21.7. The van der Waals surface area contributed by atoms with Crippen LogP contribution in [0.3, 0.4) is 0 Å². The zero-order chi connectivity index (χ0) is 32.2. The number of carbonyl (C=O) groups is 5. The Kier molecular flexibility index (Phi) is 11.4. The summed E-state index contributed by atoms with van der Waals surface area (Å²) in [6, 6.07) is 21.0. The molecule has 0 aliphatic rings. The average molecular weight is 612 g/mol. The summed E-state index contributed by atoms with van der Waals surface area (Å²) in [7, 11) is 0. The van der Waals surface area contributed by atoms with Crippen molar-refractivity contribution in [1.29, 1.82) is 0 Å². The molecule has 1 heterocycles. The second-order valence-corrected chi connectivity index (χ2v) is 10.6. The van der Waals surface area contributed by atoms with Gasteiger partial charge >= 0.3 is 5.97 Å². The van der Waals surface area contributed by atoms with Crippen molar-refractivity contribution in [3.05, 3.63) is 96.2 Å². The van der Waals surface area contributed by atoms with Gasteiger partial charge in [0.05, 0.1) is 0 Å². The topological polar surface area (TPSA) is 172 Å². The molecule has 234 valence electrons. The lowest BCUT2D eigenvalue weighted by molar-refractivity contribution is -0.134. The van der Waals surface area contributed by atoms with E-state index in [1.807, 2.05) is 61.5 Å². The minimum atomic E-state index is -1.04. The van der Waals surface area contributed by atoms with Crippen LogP contribution in [0.1, 0.15) is 43.7 Å². The third-order valence-corrected chi connectivity index (χ3v) is 7.10. The summed E-state index contributed by atoms with van der Waals surface area (Å²) < 4.78 is 5.21. The Hall–Kier alpha value is -5.45. The number of hydrogen-bond acceptors (Lipinski definition) is 6. The second-order valence-electron chi connectivity index (χ2n) is 10.6. The highest BCUT2D eigenvalue weighted by atomic mass is 16.5. The van der Waals surface area contributed by atoms with Crippen LogP contribution in [-0.2, 0) is 36.8 Å². The lowest BCUT2D eigenvalue weighted by Crippen LogP contribution is -2.54. The number of hydrogen-bond donors (Lipinski definition) is 5. The van der Waals surface area contributed by atoms with E-state index in [4.69, 9.17) is 10.5 Å². The fourth-order valence-corrected chi connectivity index (χ4v) is 4.78. The predicted molar refractivity (Wildman–Crippen MR) is 170 cm³/mol. The highest BCUT2D eigenvalue weighted by Gasteiger charge is 2.27. The molecule has 4 amide bonds. The number of para-hydroxylation sites is 1. The lowest BCUT2D eigenvalue weighted by atomic mass is 10.0. The Bertz CT molecular complexity index is 1630. The van der Waals surface area contributed by atoms with Crippen LogP contribution in [0.2, 0.25) is 0 Å². The summed E-state index contributed by atoms with van der Waals surface area (Å²) in [5, 5.41) is 9.04. The Morgan fingerprint density at radius 2 is 1.47 bits per heavy atom. The van der Waals surface area contributed by atoms with Crippen LogP contribution < -0.4 is 26.4 Å². The van der Waals surface area contributed by atoms with Crippen LogP contribution in [0, 0.1) is 0 Å². The number of amides is 4. The number of benzene rings is 3. The molecule has 6 N–H and O–H groups in total. The van der Waals surface area contributed by atoms with Crippen molar-refractivity contribution in [3.8, 4) is 5.75 Å². The summed E-state index contributed by atoms with van der Waals surface area (Å²) in [6.45, 7) is 1.88. The predicted octanol–water partition coefficient (Wildman–Crippen LogP) is 3.53. The fraction of sp³-hybridized carbons (Fsp3) is 0.265. The van der Waals surface area contributed by atoms with Crippen LogP contribution >= 0.6 is 0 Å². The number of rotatable bonds is 15. The molecule has 0 aliphatic heterocycles. The van der Waals surface area contributed by atoms with Crippen LogP contribution in [0.4, 0.5) is 5.69 Å². The van der Waals surface area contributed by atoms with Crippen molar-refractivity contribution >= 4 is 46.2 Å². The van der Waals surface area contributed by atoms with Crippen LogP contribution in [-0.4, -0.2) is 46.7 Å². The van der Waals surface area contributed by atoms with Gasteiger partial charge in [0, 0.05) is 54.9 Å². The van der Waals surface area contributed by atoms with Crippen molar-refractivity contribution in [2.45, 2.75) is 57.5 Å². The highest BCUT2D eigenvalue weighted by molar-refractivity contribution is 5.95. The Balaban J connectivity index is 1.38. The third-order valence-electron chi connectivity index (χ3n) is 7.10. The minimum Gasteiger partial charge on any atom is -0.427 e. The average Bonchev–Trinajstić information content (AvgIpc) is 3.43. The SMILES string of the molecule is CCCC(=O)Oc1ccc(NC(=O)CCC(=O)N[C@@H](Cc2c[nH]c3ccccc23)C(=O)N[C@@H](Cc2ccccc2)C(N)=O)cc1. The van der Waals surface area contributed by atoms with Gasteiger partial charge in [0.2, 0.25) is 23.6 Å². The molecule has 4 rings (SSSR count). The number of nitrogens with two attached hydrogens (primary N) is 1. The second kappa shape index (κ2) is 15.9. The number of ether oxygens (including phenoxy) is 1. The van der Waals surface area contributed by atoms with Crippen LogP contribution in [0.25, 0.3) is 10.9 Å². The van der Waals surface area contributed by atoms with Gasteiger partial charge in [-0.05, 0) is 47.9 Å². The molecule has 0 saturated carbocycles. The molecule has 1 aromatic heterocycles. The van der Waals surface area contributed by atoms with Crippen molar-refractivity contribution in [2.24, 2.45) is 5.73 Å². The van der Waals surface area contributed by atoms with Gasteiger partial charge < -0.3 is 31.4 Å². The third kappa shape index (κ3) is 9.78. The molecule has 4 aromatic rings. The zero-order valence-electron chi connectivity index (χ0n) is 25.0. The van der Waals surface area contributed by atoms with Crippen LogP contribution in [0.5, 0.6) is 5.75 Å². The first kappa shape index (κ1) is 32.5. The number of aromatic amines is 1. The molecule has 2 atom stereocenters. The van der Waals surface area contributed by atoms with E-state index in [2.05, 4.69) is 20.9 Å². The van der Waals surface area contributed by atoms with Gasteiger partial charge in [0.1, 0.15) is 17.8 Å². The number of nitrogens with one attached hydrogen (secondary N) is 4. The van der Waals surface area contributed by atoms with Gasteiger partial charge in [-0.25, -0.2) is 0 Å². The molecule has 11 nitrogen and oxygen atoms in total. The van der Waals surface area contributed by atoms with Gasteiger partial charge in [-0.1, -0.05) is 55.5 Å². The largest absolute Gasteiger partial charge is 0.427 e. The van der Waals surface area contributed by atoms with Gasteiger partial charge in [-0.3, -0.25) is 24.0 Å². The molecular weight excluding hydrogens is 574 g/mol. The summed E-state index contributed by atoms with van der Waals surface area (Å²) in [6.07, 6.45) is 2.77. The van der Waals surface area contributed by atoms with E-state index < -0.39 is 35.7 Å². The Morgan fingerprint density at radius 1 is 0.778 bits per heavy atom. The normalized spacial score (nSPS) is 12.1. The quantitative estimate of drug-likeness (QED) is 0.102. The fourth-order valence-electron chi connectivity index (χ4n) is 4.78. The van der Waals surface area contributed by atoms with E-state index in [0.717, 1.165) is 22.0 Å². The number of carbonyl (C=O) groups excluding carboxylic acids is 5. The van der Waals surface area contributed by atoms with Gasteiger partial charge in [0.25, 0.3) is 0 Å². The highest BCUT2D eigenvalue weighted by Crippen LogP contribution is 2.20. The smallest absolute Gasteiger partial charge is 0.311 e. The van der Waals surface area contributed by atoms with E-state index in [1.165, 1.54) is 0 Å². The minimum absolute atomic E-state index is 0.139. The first-order valence-electron chi connectivity index (χ1n) is 14.8. The molecule has 3 aromatic carbocycles. The lowest BCUT2D eigenvalue weighted by Gasteiger charge is -2.22. The van der Waals surface area contributed by atoms with E-state index in [-0.39, 0.29) is 31.7 Å². The van der Waals surface area contributed by atoms with E-state index in [0.29, 0.717) is 24.3 Å². The molecule has 0 radical (unpaired) electrons. The first-order valence-corrected chi connectivity index (χ1v) is 14.8. The summed E-state index contributed by atoms with van der Waals surface area (Å²) in [4.78, 5) is 66.1. The van der Waals surface area contributed by atoms with E-state index in [9.17, 15) is 24.0 Å². The number of H-pyrrole nitrogens is 1. The Labute approximate surface area is 260 Å². The van der Waals surface area contributed by atoms with Crippen molar-refractivity contribution in [1.82, 2.24) is 15.6 Å². The number of anilines is 1. The summed E-state index contributed by atoms with van der Waals surface area (Å²) in [5.74, 6) is -2.16. The number of primary amides is 1. The van der Waals surface area contributed by atoms with E-state index in [1.54, 1.807) is 30.5 Å². The molecule has 0 fully saturated rings. The molecule has 0 saturated heterocycles. The molecule has 45 heavy (non-hydrogen) atoms. The number of fused-ring (bicyclic) bond motifs is 1. The van der Waals surface area contributed by atoms with Crippen LogP contribution in [0.15, 0.2) is 85.1 Å². The van der Waals surface area contributed by atoms with Gasteiger partial charge in [-0.2, -0.15) is 0 Å². The van der Waals surface area contributed by atoms with Gasteiger partial charge in [0.15, 0.2) is 0 Å². The van der Waals surface area contributed by atoms with E-state index >= 15 is 0 Å².